The van der Waals surface area contributed by atoms with Gasteiger partial charge in [0.2, 0.25) is 5.91 Å². The maximum atomic E-state index is 11.3. The molecule has 0 spiro atoms. The van der Waals surface area contributed by atoms with E-state index in [0.717, 1.165) is 0 Å². The van der Waals surface area contributed by atoms with Crippen LogP contribution >= 0.6 is 34.8 Å². The Bertz CT molecular complexity index is 424. The fourth-order valence-corrected chi connectivity index (χ4v) is 1.64. The van der Waals surface area contributed by atoms with Gasteiger partial charge in [-0.1, -0.05) is 34.8 Å². The lowest BCUT2D eigenvalue weighted by atomic mass is 10.3. The predicted octanol–water partition coefficient (Wildman–Crippen LogP) is 2.93. The molecule has 4 nitrogen and oxygen atoms in total. The molecule has 0 saturated carbocycles. The van der Waals surface area contributed by atoms with Crippen LogP contribution < -0.4 is 5.32 Å². The quantitative estimate of drug-likeness (QED) is 0.869. The number of nitrogens with one attached hydrogen (secondary N) is 1. The zero-order chi connectivity index (χ0) is 13.0. The van der Waals surface area contributed by atoms with Crippen molar-refractivity contribution in [2.24, 2.45) is 0 Å². The van der Waals surface area contributed by atoms with Gasteiger partial charge in [0.1, 0.15) is 11.0 Å². The van der Waals surface area contributed by atoms with Crippen LogP contribution in [0.25, 0.3) is 0 Å². The van der Waals surface area contributed by atoms with Crippen LogP contribution in [0.15, 0.2) is 6.07 Å². The van der Waals surface area contributed by atoms with Crippen LogP contribution in [0.2, 0.25) is 15.2 Å². The molecule has 17 heavy (non-hydrogen) atoms. The topological polar surface area (TPSA) is 45.2 Å². The maximum Gasteiger partial charge on any atom is 0.223 e. The second-order valence-electron chi connectivity index (χ2n) is 3.56. The van der Waals surface area contributed by atoms with E-state index in [9.17, 15) is 4.79 Å². The Morgan fingerprint density at radius 3 is 2.59 bits per heavy atom. The fraction of sp³-hybridized carbons (Fsp3) is 0.400. The number of hydrogen-bond donors (Lipinski definition) is 1. The van der Waals surface area contributed by atoms with Crippen molar-refractivity contribution in [1.29, 1.82) is 0 Å². The average Bonchev–Trinajstić information content (AvgIpc) is 2.25. The average molecular weight is 297 g/mol. The van der Waals surface area contributed by atoms with Gasteiger partial charge in [0.05, 0.1) is 10.0 Å². The van der Waals surface area contributed by atoms with E-state index in [1.807, 2.05) is 0 Å². The monoisotopic (exact) mass is 295 g/mol. The molecule has 0 bridgehead atoms. The second kappa shape index (κ2) is 6.28. The Morgan fingerprint density at radius 2 is 2.00 bits per heavy atom. The highest BCUT2D eigenvalue weighted by atomic mass is 35.5. The van der Waals surface area contributed by atoms with Gasteiger partial charge >= 0.3 is 0 Å². The van der Waals surface area contributed by atoms with Gasteiger partial charge in [0.15, 0.2) is 0 Å². The number of aromatic nitrogens is 1. The lowest BCUT2D eigenvalue weighted by Crippen LogP contribution is -2.24. The first kappa shape index (κ1) is 14.4. The Balaban J connectivity index is 2.58. The van der Waals surface area contributed by atoms with Crippen LogP contribution in [-0.4, -0.2) is 36.4 Å². The molecule has 1 aromatic rings. The lowest BCUT2D eigenvalue weighted by molar-refractivity contribution is -0.128. The number of rotatable bonds is 4. The molecule has 1 N–H and O–H groups in total. The molecule has 0 aliphatic carbocycles. The molecule has 1 heterocycles. The summed E-state index contributed by atoms with van der Waals surface area (Å²) >= 11 is 17.4. The third kappa shape index (κ3) is 4.22. The highest BCUT2D eigenvalue weighted by molar-refractivity contribution is 6.42. The Kier molecular flexibility index (Phi) is 5.31. The van der Waals surface area contributed by atoms with E-state index in [4.69, 9.17) is 34.8 Å². The van der Waals surface area contributed by atoms with E-state index in [1.54, 1.807) is 14.1 Å². The van der Waals surface area contributed by atoms with Gasteiger partial charge in [0, 0.05) is 27.1 Å². The smallest absolute Gasteiger partial charge is 0.223 e. The molecule has 0 aliphatic heterocycles. The summed E-state index contributed by atoms with van der Waals surface area (Å²) in [6.45, 7) is 0.432. The summed E-state index contributed by atoms with van der Waals surface area (Å²) in [6, 6.07) is 1.51. The van der Waals surface area contributed by atoms with Crippen molar-refractivity contribution < 1.29 is 4.79 Å². The zero-order valence-corrected chi connectivity index (χ0v) is 11.7. The van der Waals surface area contributed by atoms with Crippen LogP contribution in [0, 0.1) is 0 Å². The standard InChI is InChI=1S/C10H12Cl3N3O/c1-16(2)8(17)3-4-14-10-7(12)5-6(11)9(13)15-10/h5H,3-4H2,1-2H3,(H,14,15). The van der Waals surface area contributed by atoms with Crippen LogP contribution in [0.5, 0.6) is 0 Å². The Labute approximate surface area is 115 Å². The number of amides is 1. The molecule has 1 amide bonds. The van der Waals surface area contributed by atoms with Gasteiger partial charge < -0.3 is 10.2 Å². The van der Waals surface area contributed by atoms with E-state index in [-0.39, 0.29) is 11.1 Å². The van der Waals surface area contributed by atoms with Crippen LogP contribution in [0.3, 0.4) is 0 Å². The largest absolute Gasteiger partial charge is 0.368 e. The molecule has 0 fully saturated rings. The van der Waals surface area contributed by atoms with Gasteiger partial charge in [-0.15, -0.1) is 0 Å². The molecular formula is C10H12Cl3N3O. The van der Waals surface area contributed by atoms with Crippen molar-refractivity contribution in [1.82, 2.24) is 9.88 Å². The first-order valence-electron chi connectivity index (χ1n) is 4.87. The Hall–Kier alpha value is -0.710. The minimum absolute atomic E-state index is 0.0219. The zero-order valence-electron chi connectivity index (χ0n) is 9.43. The summed E-state index contributed by atoms with van der Waals surface area (Å²) in [5.41, 5.74) is 0. The number of anilines is 1. The molecule has 0 atom stereocenters. The number of carbonyl (C=O) groups is 1. The minimum Gasteiger partial charge on any atom is -0.368 e. The van der Waals surface area contributed by atoms with Crippen LogP contribution in [-0.2, 0) is 4.79 Å². The molecule has 0 aromatic carbocycles. The van der Waals surface area contributed by atoms with Crippen molar-refractivity contribution >= 4 is 46.5 Å². The van der Waals surface area contributed by atoms with E-state index in [0.29, 0.717) is 28.8 Å². The number of halogens is 3. The molecular weight excluding hydrogens is 284 g/mol. The summed E-state index contributed by atoms with van der Waals surface area (Å²) in [5, 5.41) is 3.78. The van der Waals surface area contributed by atoms with Gasteiger partial charge in [-0.25, -0.2) is 4.98 Å². The highest BCUT2D eigenvalue weighted by Crippen LogP contribution is 2.28. The summed E-state index contributed by atoms with van der Waals surface area (Å²) in [5.74, 6) is 0.446. The van der Waals surface area contributed by atoms with E-state index in [1.165, 1.54) is 11.0 Å². The molecule has 0 aliphatic rings. The van der Waals surface area contributed by atoms with Gasteiger partial charge in [-0.05, 0) is 6.07 Å². The first-order chi connectivity index (χ1) is 7.91. The van der Waals surface area contributed by atoms with Crippen molar-refractivity contribution in [2.75, 3.05) is 26.0 Å². The first-order valence-corrected chi connectivity index (χ1v) is 6.00. The van der Waals surface area contributed by atoms with Crippen molar-refractivity contribution in [3.63, 3.8) is 0 Å². The third-order valence-corrected chi connectivity index (χ3v) is 2.98. The SMILES string of the molecule is CN(C)C(=O)CCNc1nc(Cl)c(Cl)cc1Cl. The molecule has 94 valence electrons. The summed E-state index contributed by atoms with van der Waals surface area (Å²) < 4.78 is 0. The maximum absolute atomic E-state index is 11.3. The summed E-state index contributed by atoms with van der Waals surface area (Å²) in [7, 11) is 3.40. The third-order valence-electron chi connectivity index (χ3n) is 2.02. The van der Waals surface area contributed by atoms with E-state index in [2.05, 4.69) is 10.3 Å². The lowest BCUT2D eigenvalue weighted by Gasteiger charge is -2.11. The number of carbonyl (C=O) groups excluding carboxylic acids is 1. The molecule has 0 saturated heterocycles. The van der Waals surface area contributed by atoms with Crippen LogP contribution in [0.1, 0.15) is 6.42 Å². The van der Waals surface area contributed by atoms with Crippen molar-refractivity contribution in [2.45, 2.75) is 6.42 Å². The van der Waals surface area contributed by atoms with E-state index < -0.39 is 0 Å². The summed E-state index contributed by atoms with van der Waals surface area (Å²) in [4.78, 5) is 16.8. The highest BCUT2D eigenvalue weighted by Gasteiger charge is 2.08. The molecule has 7 heteroatoms. The predicted molar refractivity (Wildman–Crippen MR) is 71.1 cm³/mol. The van der Waals surface area contributed by atoms with Gasteiger partial charge in [-0.3, -0.25) is 4.79 Å². The van der Waals surface area contributed by atoms with E-state index >= 15 is 0 Å². The second-order valence-corrected chi connectivity index (χ2v) is 4.73. The minimum atomic E-state index is 0.0219. The molecule has 0 radical (unpaired) electrons. The van der Waals surface area contributed by atoms with Crippen molar-refractivity contribution in [3.05, 3.63) is 21.3 Å². The number of hydrogen-bond acceptors (Lipinski definition) is 3. The molecule has 1 rings (SSSR count). The molecule has 0 unspecified atom stereocenters. The summed E-state index contributed by atoms with van der Waals surface area (Å²) in [6.07, 6.45) is 0.352. The molecule has 1 aromatic heterocycles. The number of pyridine rings is 1. The van der Waals surface area contributed by atoms with Gasteiger partial charge in [-0.2, -0.15) is 0 Å². The Morgan fingerprint density at radius 1 is 1.35 bits per heavy atom. The number of nitrogens with zero attached hydrogens (tertiary/aromatic N) is 2. The van der Waals surface area contributed by atoms with Gasteiger partial charge in [0.25, 0.3) is 0 Å². The van der Waals surface area contributed by atoms with Crippen LogP contribution in [0.4, 0.5) is 5.82 Å². The van der Waals surface area contributed by atoms with Crippen molar-refractivity contribution in [3.8, 4) is 0 Å². The normalized spacial score (nSPS) is 10.2. The fourth-order valence-electron chi connectivity index (χ4n) is 1.08.